The standard InChI is InChI=1S/C21H24FN3O4/c1-2-23(17-10-8-16(22)9-11-17)18(26)14-25-20(28)19(27)24(21(25)29)13-12-15-6-4-3-5-7-15/h6,8-11H,2-5,7,12-14H2,1H3. The van der Waals surface area contributed by atoms with Crippen molar-refractivity contribution >= 4 is 29.4 Å². The third-order valence-corrected chi connectivity index (χ3v) is 5.23. The number of carbonyl (C=O) groups is 4. The molecule has 5 amide bonds. The van der Waals surface area contributed by atoms with Gasteiger partial charge in [-0.1, -0.05) is 11.6 Å². The highest BCUT2D eigenvalue weighted by Gasteiger charge is 2.45. The van der Waals surface area contributed by atoms with Gasteiger partial charge in [-0.05, 0) is 63.3 Å². The molecule has 0 unspecified atom stereocenters. The van der Waals surface area contributed by atoms with Gasteiger partial charge in [0.15, 0.2) is 0 Å². The van der Waals surface area contributed by atoms with Crippen LogP contribution < -0.4 is 4.90 Å². The first-order chi connectivity index (χ1) is 13.9. The van der Waals surface area contributed by atoms with E-state index < -0.39 is 36.1 Å². The lowest BCUT2D eigenvalue weighted by atomic mass is 9.97. The Bertz CT molecular complexity index is 850. The van der Waals surface area contributed by atoms with Crippen LogP contribution in [0.15, 0.2) is 35.9 Å². The number of rotatable bonds is 7. The van der Waals surface area contributed by atoms with Gasteiger partial charge in [0.2, 0.25) is 5.91 Å². The van der Waals surface area contributed by atoms with Crippen molar-refractivity contribution < 1.29 is 23.6 Å². The number of urea groups is 1. The monoisotopic (exact) mass is 401 g/mol. The maximum Gasteiger partial charge on any atom is 0.334 e. The number of imide groups is 2. The van der Waals surface area contributed by atoms with E-state index in [0.717, 1.165) is 30.6 Å². The zero-order valence-corrected chi connectivity index (χ0v) is 16.4. The molecule has 0 saturated carbocycles. The molecule has 1 heterocycles. The summed E-state index contributed by atoms with van der Waals surface area (Å²) in [6.45, 7) is 1.60. The molecule has 1 aliphatic carbocycles. The number of nitrogens with zero attached hydrogens (tertiary/aromatic N) is 3. The van der Waals surface area contributed by atoms with Crippen molar-refractivity contribution in [2.75, 3.05) is 24.5 Å². The molecule has 29 heavy (non-hydrogen) atoms. The number of carbonyl (C=O) groups excluding carboxylic acids is 4. The van der Waals surface area contributed by atoms with Gasteiger partial charge in [-0.2, -0.15) is 0 Å². The van der Waals surface area contributed by atoms with Crippen LogP contribution in [0.2, 0.25) is 0 Å². The number of allylic oxidation sites excluding steroid dienone is 1. The van der Waals surface area contributed by atoms with E-state index in [1.807, 2.05) is 0 Å². The fourth-order valence-electron chi connectivity index (χ4n) is 3.62. The Morgan fingerprint density at radius 2 is 1.76 bits per heavy atom. The number of hydrogen-bond donors (Lipinski definition) is 0. The largest absolute Gasteiger partial charge is 0.334 e. The van der Waals surface area contributed by atoms with Crippen molar-refractivity contribution in [3.05, 3.63) is 41.7 Å². The van der Waals surface area contributed by atoms with E-state index in [9.17, 15) is 23.6 Å². The number of halogens is 1. The third kappa shape index (κ3) is 4.52. The average Bonchev–Trinajstić information content (AvgIpc) is 2.92. The minimum absolute atomic E-state index is 0.134. The smallest absolute Gasteiger partial charge is 0.311 e. The SMILES string of the molecule is CCN(C(=O)CN1C(=O)C(=O)N(CCC2=CCCCC2)C1=O)c1ccc(F)cc1. The van der Waals surface area contributed by atoms with Crippen molar-refractivity contribution in [2.45, 2.75) is 39.0 Å². The lowest BCUT2D eigenvalue weighted by molar-refractivity contribution is -0.143. The third-order valence-electron chi connectivity index (χ3n) is 5.23. The molecular weight excluding hydrogens is 377 g/mol. The number of amides is 5. The molecule has 0 N–H and O–H groups in total. The van der Waals surface area contributed by atoms with Crippen LogP contribution in [0.25, 0.3) is 0 Å². The molecule has 0 spiro atoms. The maximum absolute atomic E-state index is 13.1. The molecule has 2 aliphatic rings. The molecule has 0 aromatic heterocycles. The van der Waals surface area contributed by atoms with E-state index in [2.05, 4.69) is 6.08 Å². The van der Waals surface area contributed by atoms with E-state index in [-0.39, 0.29) is 13.1 Å². The van der Waals surface area contributed by atoms with Crippen LogP contribution in [0.1, 0.15) is 39.0 Å². The highest BCUT2D eigenvalue weighted by Crippen LogP contribution is 2.22. The van der Waals surface area contributed by atoms with Crippen molar-refractivity contribution in [1.82, 2.24) is 9.80 Å². The van der Waals surface area contributed by atoms with E-state index >= 15 is 0 Å². The Balaban J connectivity index is 1.66. The zero-order valence-electron chi connectivity index (χ0n) is 16.4. The van der Waals surface area contributed by atoms with Gasteiger partial charge in [-0.3, -0.25) is 19.3 Å². The highest BCUT2D eigenvalue weighted by atomic mass is 19.1. The first-order valence-electron chi connectivity index (χ1n) is 9.83. The number of likely N-dealkylation sites (N-methyl/N-ethyl adjacent to an activating group) is 1. The Kier molecular flexibility index (Phi) is 6.41. The molecule has 1 aromatic carbocycles. The van der Waals surface area contributed by atoms with Gasteiger partial charge in [0.25, 0.3) is 0 Å². The summed E-state index contributed by atoms with van der Waals surface area (Å²) < 4.78 is 13.1. The fourth-order valence-corrected chi connectivity index (χ4v) is 3.62. The number of hydrogen-bond acceptors (Lipinski definition) is 4. The van der Waals surface area contributed by atoms with E-state index in [0.29, 0.717) is 17.0 Å². The Morgan fingerprint density at radius 1 is 1.07 bits per heavy atom. The minimum Gasteiger partial charge on any atom is -0.311 e. The minimum atomic E-state index is -0.990. The topological polar surface area (TPSA) is 78.0 Å². The summed E-state index contributed by atoms with van der Waals surface area (Å²) >= 11 is 0. The predicted octanol–water partition coefficient (Wildman–Crippen LogP) is 2.86. The molecule has 0 atom stereocenters. The second kappa shape index (κ2) is 8.98. The Labute approximate surface area is 168 Å². The van der Waals surface area contributed by atoms with Crippen LogP contribution in [0.5, 0.6) is 0 Å². The summed E-state index contributed by atoms with van der Waals surface area (Å²) in [5.41, 5.74) is 1.64. The summed E-state index contributed by atoms with van der Waals surface area (Å²) in [6.07, 6.45) is 6.83. The molecule has 0 radical (unpaired) electrons. The van der Waals surface area contributed by atoms with Crippen molar-refractivity contribution in [1.29, 1.82) is 0 Å². The van der Waals surface area contributed by atoms with Gasteiger partial charge in [0.05, 0.1) is 0 Å². The molecule has 154 valence electrons. The average molecular weight is 401 g/mol. The van der Waals surface area contributed by atoms with Crippen molar-refractivity contribution in [2.24, 2.45) is 0 Å². The lowest BCUT2D eigenvalue weighted by Gasteiger charge is -2.23. The van der Waals surface area contributed by atoms with Gasteiger partial charge in [0.1, 0.15) is 12.4 Å². The van der Waals surface area contributed by atoms with Gasteiger partial charge in [-0.25, -0.2) is 14.1 Å². The summed E-state index contributed by atoms with van der Waals surface area (Å²) in [4.78, 5) is 52.7. The molecule has 8 heteroatoms. The quantitative estimate of drug-likeness (QED) is 0.400. The highest BCUT2D eigenvalue weighted by molar-refractivity contribution is 6.45. The van der Waals surface area contributed by atoms with Crippen LogP contribution >= 0.6 is 0 Å². The molecular formula is C21H24FN3O4. The summed E-state index contributed by atoms with van der Waals surface area (Å²) in [5.74, 6) is -2.85. The van der Waals surface area contributed by atoms with Crippen molar-refractivity contribution in [3.8, 4) is 0 Å². The lowest BCUT2D eigenvalue weighted by Crippen LogP contribution is -2.43. The van der Waals surface area contributed by atoms with Crippen molar-refractivity contribution in [3.63, 3.8) is 0 Å². The van der Waals surface area contributed by atoms with Crippen LogP contribution in [-0.4, -0.2) is 53.2 Å². The first kappa shape index (κ1) is 20.7. The normalized spacial score (nSPS) is 17.0. The second-order valence-corrected chi connectivity index (χ2v) is 7.10. The van der Waals surface area contributed by atoms with Crippen LogP contribution in [-0.2, 0) is 14.4 Å². The summed E-state index contributed by atoms with van der Waals surface area (Å²) in [7, 11) is 0. The number of anilines is 1. The van der Waals surface area contributed by atoms with Crippen LogP contribution in [0.4, 0.5) is 14.9 Å². The van der Waals surface area contributed by atoms with Gasteiger partial charge >= 0.3 is 17.8 Å². The van der Waals surface area contributed by atoms with E-state index in [4.69, 9.17) is 0 Å². The molecule has 0 bridgehead atoms. The number of benzene rings is 1. The fraction of sp³-hybridized carbons (Fsp3) is 0.429. The molecule has 1 aromatic rings. The molecule has 1 fully saturated rings. The molecule has 1 saturated heterocycles. The molecule has 1 aliphatic heterocycles. The van der Waals surface area contributed by atoms with Crippen LogP contribution in [0.3, 0.4) is 0 Å². The van der Waals surface area contributed by atoms with E-state index in [1.54, 1.807) is 6.92 Å². The van der Waals surface area contributed by atoms with Gasteiger partial charge < -0.3 is 4.90 Å². The predicted molar refractivity (Wildman–Crippen MR) is 104 cm³/mol. The first-order valence-corrected chi connectivity index (χ1v) is 9.83. The molecule has 7 nitrogen and oxygen atoms in total. The van der Waals surface area contributed by atoms with E-state index in [1.165, 1.54) is 34.7 Å². The Morgan fingerprint density at radius 3 is 2.38 bits per heavy atom. The molecule has 3 rings (SSSR count). The maximum atomic E-state index is 13.1. The zero-order chi connectivity index (χ0) is 21.0. The van der Waals surface area contributed by atoms with Crippen LogP contribution in [0, 0.1) is 5.82 Å². The Hall–Kier alpha value is -3.03. The van der Waals surface area contributed by atoms with Gasteiger partial charge in [0, 0.05) is 18.8 Å². The second-order valence-electron chi connectivity index (χ2n) is 7.10. The summed E-state index contributed by atoms with van der Waals surface area (Å²) in [6, 6.07) is 4.57. The van der Waals surface area contributed by atoms with Gasteiger partial charge in [-0.15, -0.1) is 0 Å². The summed E-state index contributed by atoms with van der Waals surface area (Å²) in [5, 5.41) is 0.